The van der Waals surface area contributed by atoms with Crippen LogP contribution in [0.1, 0.15) is 46.5 Å². The van der Waals surface area contributed by atoms with Gasteiger partial charge in [0.1, 0.15) is 0 Å². The third-order valence-corrected chi connectivity index (χ3v) is 4.03. The smallest absolute Gasteiger partial charge is 0.223 e. The van der Waals surface area contributed by atoms with Crippen molar-refractivity contribution in [3.8, 4) is 0 Å². The number of carbonyl (C=O) groups is 1. The molecule has 1 aliphatic rings. The highest BCUT2D eigenvalue weighted by Gasteiger charge is 2.33. The van der Waals surface area contributed by atoms with Crippen LogP contribution in [0.2, 0.25) is 0 Å². The lowest BCUT2D eigenvalue weighted by Crippen LogP contribution is -2.37. The topological polar surface area (TPSA) is 29.1 Å². The summed E-state index contributed by atoms with van der Waals surface area (Å²) in [5, 5.41) is 4.14. The summed E-state index contributed by atoms with van der Waals surface area (Å²) in [5.41, 5.74) is 0.215. The predicted octanol–water partition coefficient (Wildman–Crippen LogP) is 3.35. The van der Waals surface area contributed by atoms with Gasteiger partial charge in [-0.25, -0.2) is 0 Å². The van der Waals surface area contributed by atoms with Crippen molar-refractivity contribution in [3.05, 3.63) is 0 Å². The molecule has 0 spiro atoms. The standard InChI is InChI=1S/C13H24BrNO/c1-10(11-5-6-11)12(16)15-9-13(2,3)7-4-8-14/h10-11H,4-9H2,1-3H3,(H,15,16). The molecule has 94 valence electrons. The van der Waals surface area contributed by atoms with E-state index in [1.54, 1.807) is 0 Å². The molecular weight excluding hydrogens is 266 g/mol. The highest BCUT2D eigenvalue weighted by atomic mass is 79.9. The summed E-state index contributed by atoms with van der Waals surface area (Å²) in [4.78, 5) is 11.8. The summed E-state index contributed by atoms with van der Waals surface area (Å²) in [7, 11) is 0. The molecule has 0 aromatic carbocycles. The van der Waals surface area contributed by atoms with Gasteiger partial charge in [-0.05, 0) is 37.0 Å². The molecule has 1 amide bonds. The Bertz CT molecular complexity index is 236. The monoisotopic (exact) mass is 289 g/mol. The second-order valence-corrected chi connectivity index (χ2v) is 6.59. The van der Waals surface area contributed by atoms with E-state index >= 15 is 0 Å². The number of halogens is 1. The Morgan fingerprint density at radius 1 is 1.50 bits per heavy atom. The molecular formula is C13H24BrNO. The molecule has 1 fully saturated rings. The van der Waals surface area contributed by atoms with Crippen molar-refractivity contribution in [3.63, 3.8) is 0 Å². The molecule has 1 saturated carbocycles. The molecule has 0 heterocycles. The van der Waals surface area contributed by atoms with Gasteiger partial charge < -0.3 is 5.32 Å². The lowest BCUT2D eigenvalue weighted by atomic mass is 9.88. The van der Waals surface area contributed by atoms with E-state index in [9.17, 15) is 4.79 Å². The fourth-order valence-electron chi connectivity index (χ4n) is 1.93. The molecule has 0 saturated heterocycles. The Balaban J connectivity index is 2.23. The quantitative estimate of drug-likeness (QED) is 0.716. The van der Waals surface area contributed by atoms with E-state index < -0.39 is 0 Å². The molecule has 1 atom stereocenters. The highest BCUT2D eigenvalue weighted by Crippen LogP contribution is 2.36. The Kier molecular flexibility index (Phi) is 5.29. The number of carbonyl (C=O) groups excluding carboxylic acids is 1. The van der Waals surface area contributed by atoms with Crippen molar-refractivity contribution in [1.29, 1.82) is 0 Å². The first-order valence-electron chi connectivity index (χ1n) is 6.30. The molecule has 1 unspecified atom stereocenters. The number of hydrogen-bond acceptors (Lipinski definition) is 1. The largest absolute Gasteiger partial charge is 0.355 e. The molecule has 16 heavy (non-hydrogen) atoms. The van der Waals surface area contributed by atoms with E-state index in [0.717, 1.165) is 18.3 Å². The Morgan fingerprint density at radius 3 is 2.62 bits per heavy atom. The van der Waals surface area contributed by atoms with Crippen molar-refractivity contribution < 1.29 is 4.79 Å². The van der Waals surface area contributed by atoms with Gasteiger partial charge in [0.25, 0.3) is 0 Å². The predicted molar refractivity (Wildman–Crippen MR) is 71.7 cm³/mol. The molecule has 3 heteroatoms. The minimum atomic E-state index is 0.215. The van der Waals surface area contributed by atoms with Gasteiger partial charge in [-0.2, -0.15) is 0 Å². The number of amides is 1. The molecule has 1 N–H and O–H groups in total. The Hall–Kier alpha value is -0.0500. The fourth-order valence-corrected chi connectivity index (χ4v) is 2.21. The van der Waals surface area contributed by atoms with E-state index in [0.29, 0.717) is 5.92 Å². The SMILES string of the molecule is CC(C(=O)NCC(C)(C)CCCBr)C1CC1. The maximum absolute atomic E-state index is 11.8. The van der Waals surface area contributed by atoms with Crippen LogP contribution in [0.4, 0.5) is 0 Å². The average molecular weight is 290 g/mol. The Morgan fingerprint density at radius 2 is 2.12 bits per heavy atom. The van der Waals surface area contributed by atoms with Gasteiger partial charge in [0, 0.05) is 17.8 Å². The first-order chi connectivity index (χ1) is 7.46. The third-order valence-electron chi connectivity index (χ3n) is 3.47. The first kappa shape index (κ1) is 14.0. The van der Waals surface area contributed by atoms with Crippen LogP contribution in [0, 0.1) is 17.3 Å². The zero-order valence-corrected chi connectivity index (χ0v) is 12.3. The van der Waals surface area contributed by atoms with Crippen molar-refractivity contribution in [2.75, 3.05) is 11.9 Å². The van der Waals surface area contributed by atoms with Gasteiger partial charge in [-0.3, -0.25) is 4.79 Å². The molecule has 0 radical (unpaired) electrons. The second kappa shape index (κ2) is 6.04. The number of rotatable bonds is 7. The van der Waals surface area contributed by atoms with E-state index in [2.05, 4.69) is 42.0 Å². The van der Waals surface area contributed by atoms with E-state index in [1.165, 1.54) is 19.3 Å². The highest BCUT2D eigenvalue weighted by molar-refractivity contribution is 9.09. The number of alkyl halides is 1. The summed E-state index contributed by atoms with van der Waals surface area (Å²) in [6, 6.07) is 0. The van der Waals surface area contributed by atoms with Crippen LogP contribution in [0.3, 0.4) is 0 Å². The van der Waals surface area contributed by atoms with E-state index in [1.807, 2.05) is 0 Å². The first-order valence-corrected chi connectivity index (χ1v) is 7.42. The van der Waals surface area contributed by atoms with E-state index in [4.69, 9.17) is 0 Å². The summed E-state index contributed by atoms with van der Waals surface area (Å²) < 4.78 is 0. The lowest BCUT2D eigenvalue weighted by molar-refractivity contribution is -0.125. The third kappa shape index (κ3) is 4.86. The van der Waals surface area contributed by atoms with Crippen LogP contribution >= 0.6 is 15.9 Å². The summed E-state index contributed by atoms with van der Waals surface area (Å²) in [6.45, 7) is 7.30. The van der Waals surface area contributed by atoms with Gasteiger partial charge in [0.2, 0.25) is 5.91 Å². The van der Waals surface area contributed by atoms with Crippen LogP contribution < -0.4 is 5.32 Å². The van der Waals surface area contributed by atoms with Crippen molar-refractivity contribution >= 4 is 21.8 Å². The maximum Gasteiger partial charge on any atom is 0.223 e. The van der Waals surface area contributed by atoms with Crippen LogP contribution in [-0.2, 0) is 4.79 Å². The molecule has 1 aliphatic carbocycles. The van der Waals surface area contributed by atoms with Crippen molar-refractivity contribution in [2.45, 2.75) is 46.5 Å². The van der Waals surface area contributed by atoms with Crippen LogP contribution in [0.5, 0.6) is 0 Å². The summed E-state index contributed by atoms with van der Waals surface area (Å²) in [5.74, 6) is 1.12. The molecule has 0 bridgehead atoms. The van der Waals surface area contributed by atoms with Crippen LogP contribution in [0.25, 0.3) is 0 Å². The lowest BCUT2D eigenvalue weighted by Gasteiger charge is -2.25. The van der Waals surface area contributed by atoms with Crippen LogP contribution in [-0.4, -0.2) is 17.8 Å². The van der Waals surface area contributed by atoms with Crippen LogP contribution in [0.15, 0.2) is 0 Å². The molecule has 2 nitrogen and oxygen atoms in total. The fraction of sp³-hybridized carbons (Fsp3) is 0.923. The Labute approximate surface area is 108 Å². The van der Waals surface area contributed by atoms with Gasteiger partial charge in [0.05, 0.1) is 0 Å². The zero-order chi connectivity index (χ0) is 12.2. The minimum absolute atomic E-state index is 0.215. The molecule has 1 rings (SSSR count). The molecule has 0 aromatic heterocycles. The van der Waals surface area contributed by atoms with Gasteiger partial charge in [0.15, 0.2) is 0 Å². The van der Waals surface area contributed by atoms with E-state index in [-0.39, 0.29) is 17.2 Å². The average Bonchev–Trinajstić information content (AvgIpc) is 3.06. The maximum atomic E-state index is 11.8. The van der Waals surface area contributed by atoms with Crippen molar-refractivity contribution in [1.82, 2.24) is 5.32 Å². The van der Waals surface area contributed by atoms with Gasteiger partial charge in [-0.1, -0.05) is 36.7 Å². The van der Waals surface area contributed by atoms with Crippen molar-refractivity contribution in [2.24, 2.45) is 17.3 Å². The molecule has 0 aliphatic heterocycles. The zero-order valence-electron chi connectivity index (χ0n) is 10.7. The number of nitrogens with one attached hydrogen (secondary N) is 1. The summed E-state index contributed by atoms with van der Waals surface area (Å²) in [6.07, 6.45) is 4.79. The minimum Gasteiger partial charge on any atom is -0.355 e. The normalized spacial score (nSPS) is 18.2. The molecule has 0 aromatic rings. The second-order valence-electron chi connectivity index (χ2n) is 5.80. The number of hydrogen-bond donors (Lipinski definition) is 1. The van der Waals surface area contributed by atoms with Gasteiger partial charge >= 0.3 is 0 Å². The van der Waals surface area contributed by atoms with Gasteiger partial charge in [-0.15, -0.1) is 0 Å². The summed E-state index contributed by atoms with van der Waals surface area (Å²) >= 11 is 3.45.